The Labute approximate surface area is 115 Å². The highest BCUT2D eigenvalue weighted by atomic mass is 15.2. The van der Waals surface area contributed by atoms with E-state index in [1.54, 1.807) is 0 Å². The van der Waals surface area contributed by atoms with Gasteiger partial charge in [0, 0.05) is 44.7 Å². The van der Waals surface area contributed by atoms with Gasteiger partial charge in [-0.2, -0.15) is 0 Å². The van der Waals surface area contributed by atoms with Gasteiger partial charge >= 0.3 is 0 Å². The molecule has 4 nitrogen and oxygen atoms in total. The largest absolute Gasteiger partial charge is 0.356 e. The minimum absolute atomic E-state index is 0.915. The quantitative estimate of drug-likeness (QED) is 0.776. The van der Waals surface area contributed by atoms with Gasteiger partial charge in [0.1, 0.15) is 11.6 Å². The molecule has 1 fully saturated rings. The Morgan fingerprint density at radius 1 is 1.21 bits per heavy atom. The summed E-state index contributed by atoms with van der Waals surface area (Å²) in [5.41, 5.74) is 2.61. The van der Waals surface area contributed by atoms with Gasteiger partial charge in [0.2, 0.25) is 0 Å². The van der Waals surface area contributed by atoms with Crippen LogP contribution < -0.4 is 4.90 Å². The molecule has 0 saturated carbocycles. The molecule has 0 aromatic carbocycles. The van der Waals surface area contributed by atoms with E-state index < -0.39 is 0 Å². The van der Waals surface area contributed by atoms with E-state index >= 15 is 0 Å². The summed E-state index contributed by atoms with van der Waals surface area (Å²) in [6.07, 6.45) is 5.59. The minimum Gasteiger partial charge on any atom is -0.356 e. The van der Waals surface area contributed by atoms with Crippen molar-refractivity contribution < 1.29 is 0 Å². The Bertz CT molecular complexity index is 477. The smallest absolute Gasteiger partial charge is 0.137 e. The third-order valence-corrected chi connectivity index (χ3v) is 4.02. The van der Waals surface area contributed by atoms with Crippen LogP contribution in [-0.2, 0) is 13.0 Å². The van der Waals surface area contributed by atoms with Gasteiger partial charge in [-0.3, -0.25) is 4.90 Å². The molecule has 2 aliphatic heterocycles. The van der Waals surface area contributed by atoms with E-state index in [0.717, 1.165) is 45.0 Å². The summed E-state index contributed by atoms with van der Waals surface area (Å²) < 4.78 is 0. The van der Waals surface area contributed by atoms with Crippen LogP contribution >= 0.6 is 0 Å². The fraction of sp³-hybridized carbons (Fsp3) is 0.600. The molecule has 102 valence electrons. The summed E-state index contributed by atoms with van der Waals surface area (Å²) >= 11 is 0. The molecule has 0 aliphatic carbocycles. The molecular formula is C15H22N4. The second-order valence-corrected chi connectivity index (χ2v) is 5.49. The monoisotopic (exact) mass is 258 g/mol. The molecule has 3 rings (SSSR count). The van der Waals surface area contributed by atoms with E-state index in [1.165, 1.54) is 29.9 Å². The van der Waals surface area contributed by atoms with Gasteiger partial charge in [0.15, 0.2) is 0 Å². The summed E-state index contributed by atoms with van der Waals surface area (Å²) in [6, 6.07) is 0. The lowest BCUT2D eigenvalue weighted by Gasteiger charge is -2.30. The zero-order valence-electron chi connectivity index (χ0n) is 11.7. The van der Waals surface area contributed by atoms with Gasteiger partial charge in [-0.1, -0.05) is 6.08 Å². The van der Waals surface area contributed by atoms with E-state index in [4.69, 9.17) is 4.98 Å². The Balaban J connectivity index is 1.95. The number of hydrogen-bond donors (Lipinski definition) is 0. The topological polar surface area (TPSA) is 32.3 Å². The molecule has 0 bridgehead atoms. The molecule has 0 atom stereocenters. The van der Waals surface area contributed by atoms with Crippen LogP contribution in [0.3, 0.4) is 0 Å². The number of hydrogen-bond acceptors (Lipinski definition) is 4. The van der Waals surface area contributed by atoms with E-state index in [-0.39, 0.29) is 0 Å². The fourth-order valence-electron chi connectivity index (χ4n) is 3.10. The van der Waals surface area contributed by atoms with Crippen molar-refractivity contribution in [2.45, 2.75) is 32.7 Å². The zero-order chi connectivity index (χ0) is 13.2. The van der Waals surface area contributed by atoms with E-state index in [1.807, 2.05) is 13.0 Å². The van der Waals surface area contributed by atoms with Crippen molar-refractivity contribution in [1.82, 2.24) is 14.9 Å². The molecule has 0 N–H and O–H groups in total. The molecule has 0 radical (unpaired) electrons. The molecule has 1 aromatic heterocycles. The first-order chi connectivity index (χ1) is 9.28. The summed E-state index contributed by atoms with van der Waals surface area (Å²) in [5.74, 6) is 2.10. The summed E-state index contributed by atoms with van der Waals surface area (Å²) in [5, 5.41) is 0. The molecule has 0 unspecified atom stereocenters. The molecule has 0 amide bonds. The van der Waals surface area contributed by atoms with E-state index in [2.05, 4.69) is 21.4 Å². The van der Waals surface area contributed by atoms with Crippen LogP contribution in [-0.4, -0.2) is 41.0 Å². The van der Waals surface area contributed by atoms with Crippen LogP contribution in [0.2, 0.25) is 0 Å². The number of aryl methyl sites for hydroxylation is 1. The third kappa shape index (κ3) is 2.50. The van der Waals surface area contributed by atoms with Crippen LogP contribution in [0.4, 0.5) is 5.82 Å². The Morgan fingerprint density at radius 2 is 2.00 bits per heavy atom. The van der Waals surface area contributed by atoms with Crippen LogP contribution in [0.15, 0.2) is 12.7 Å². The lowest BCUT2D eigenvalue weighted by Crippen LogP contribution is -2.34. The predicted molar refractivity (Wildman–Crippen MR) is 77.4 cm³/mol. The van der Waals surface area contributed by atoms with Gasteiger partial charge in [-0.15, -0.1) is 6.58 Å². The molecule has 1 aromatic rings. The minimum atomic E-state index is 0.915. The van der Waals surface area contributed by atoms with Gasteiger partial charge in [-0.05, 0) is 19.8 Å². The van der Waals surface area contributed by atoms with Crippen molar-refractivity contribution in [2.24, 2.45) is 0 Å². The van der Waals surface area contributed by atoms with Crippen molar-refractivity contribution in [3.8, 4) is 0 Å². The molecule has 4 heteroatoms. The number of aromatic nitrogens is 2. The Morgan fingerprint density at radius 3 is 2.74 bits per heavy atom. The average molecular weight is 258 g/mol. The first kappa shape index (κ1) is 12.6. The maximum Gasteiger partial charge on any atom is 0.137 e. The number of fused-ring (bicyclic) bond motifs is 1. The second-order valence-electron chi connectivity index (χ2n) is 5.49. The van der Waals surface area contributed by atoms with Crippen molar-refractivity contribution in [3.63, 3.8) is 0 Å². The Hall–Kier alpha value is -1.42. The van der Waals surface area contributed by atoms with E-state index in [0.29, 0.717) is 0 Å². The highest BCUT2D eigenvalue weighted by molar-refractivity contribution is 5.50. The first-order valence-corrected chi connectivity index (χ1v) is 7.22. The maximum absolute atomic E-state index is 4.73. The lowest BCUT2D eigenvalue weighted by atomic mass is 10.1. The van der Waals surface area contributed by atoms with Crippen molar-refractivity contribution in [3.05, 3.63) is 29.7 Å². The first-order valence-electron chi connectivity index (χ1n) is 7.22. The van der Waals surface area contributed by atoms with Gasteiger partial charge < -0.3 is 4.90 Å². The highest BCUT2D eigenvalue weighted by Gasteiger charge is 2.25. The maximum atomic E-state index is 4.73. The summed E-state index contributed by atoms with van der Waals surface area (Å²) in [6.45, 7) is 11.1. The SMILES string of the molecule is C=CCN1CCc2nc(C)nc(N3CCCC3)c2C1. The predicted octanol–water partition coefficient (Wildman–Crippen LogP) is 1.93. The highest BCUT2D eigenvalue weighted by Crippen LogP contribution is 2.28. The van der Waals surface area contributed by atoms with Gasteiger partial charge in [0.05, 0.1) is 5.69 Å². The van der Waals surface area contributed by atoms with Crippen molar-refractivity contribution in [2.75, 3.05) is 31.1 Å². The molecular weight excluding hydrogens is 236 g/mol. The van der Waals surface area contributed by atoms with Gasteiger partial charge in [0.25, 0.3) is 0 Å². The fourth-order valence-corrected chi connectivity index (χ4v) is 3.10. The van der Waals surface area contributed by atoms with Crippen molar-refractivity contribution >= 4 is 5.82 Å². The normalized spacial score (nSPS) is 19.5. The van der Waals surface area contributed by atoms with Crippen LogP contribution in [0.25, 0.3) is 0 Å². The van der Waals surface area contributed by atoms with Crippen LogP contribution in [0.1, 0.15) is 29.9 Å². The molecule has 2 aliphatic rings. The third-order valence-electron chi connectivity index (χ3n) is 4.02. The molecule has 0 spiro atoms. The molecule has 1 saturated heterocycles. The lowest BCUT2D eigenvalue weighted by molar-refractivity contribution is 0.279. The second kappa shape index (κ2) is 5.29. The average Bonchev–Trinajstić information content (AvgIpc) is 2.92. The van der Waals surface area contributed by atoms with Gasteiger partial charge in [-0.25, -0.2) is 9.97 Å². The van der Waals surface area contributed by atoms with Crippen LogP contribution in [0.5, 0.6) is 0 Å². The van der Waals surface area contributed by atoms with Crippen molar-refractivity contribution in [1.29, 1.82) is 0 Å². The Kier molecular flexibility index (Phi) is 3.51. The molecule has 3 heterocycles. The van der Waals surface area contributed by atoms with Crippen LogP contribution in [0, 0.1) is 6.92 Å². The standard InChI is InChI=1S/C15H22N4/c1-3-7-18-10-6-14-13(11-18)15(17-12(2)16-14)19-8-4-5-9-19/h3H,1,4-11H2,2H3. The summed E-state index contributed by atoms with van der Waals surface area (Å²) in [4.78, 5) is 14.2. The molecule has 19 heavy (non-hydrogen) atoms. The summed E-state index contributed by atoms with van der Waals surface area (Å²) in [7, 11) is 0. The zero-order valence-corrected chi connectivity index (χ0v) is 11.7. The number of anilines is 1. The number of nitrogens with zero attached hydrogens (tertiary/aromatic N) is 4. The van der Waals surface area contributed by atoms with E-state index in [9.17, 15) is 0 Å². The number of rotatable bonds is 3.